The van der Waals surface area contributed by atoms with E-state index in [1.54, 1.807) is 6.07 Å². The van der Waals surface area contributed by atoms with Crippen molar-refractivity contribution in [3.63, 3.8) is 0 Å². The molecule has 0 amide bonds. The van der Waals surface area contributed by atoms with E-state index in [0.717, 1.165) is 8.61 Å². The lowest BCUT2D eigenvalue weighted by Crippen LogP contribution is -2.41. The highest BCUT2D eigenvalue weighted by Crippen LogP contribution is 2.39. The average molecular weight is 320 g/mol. The van der Waals surface area contributed by atoms with E-state index in [9.17, 15) is 21.6 Å². The Morgan fingerprint density at radius 3 is 2.43 bits per heavy atom. The average Bonchev–Trinajstić information content (AvgIpc) is 2.57. The molecular formula is C13H15F3N2O2S. The second-order valence-electron chi connectivity index (χ2n) is 4.90. The van der Waals surface area contributed by atoms with Crippen LogP contribution in [0.2, 0.25) is 0 Å². The third kappa shape index (κ3) is 3.06. The van der Waals surface area contributed by atoms with Crippen LogP contribution in [0.3, 0.4) is 0 Å². The maximum absolute atomic E-state index is 13.3. The molecule has 1 aliphatic heterocycles. The van der Waals surface area contributed by atoms with E-state index in [1.165, 1.54) is 44.6 Å². The predicted molar refractivity (Wildman–Crippen MR) is 73.6 cm³/mol. The van der Waals surface area contributed by atoms with Crippen molar-refractivity contribution in [2.45, 2.75) is 12.1 Å². The Morgan fingerprint density at radius 2 is 1.86 bits per heavy atom. The highest BCUT2D eigenvalue weighted by atomic mass is 32.2. The Balaban J connectivity index is 2.52. The van der Waals surface area contributed by atoms with Gasteiger partial charge >= 0.3 is 16.4 Å². The van der Waals surface area contributed by atoms with Crippen molar-refractivity contribution in [1.82, 2.24) is 8.61 Å². The standard InChI is InChI=1S/C13H15F3N2O2S/c1-17(2)21(19,20)18-8-7-10-5-3-4-6-11(10)12(9-18)13(14,15)16/h3-8,12H,9H2,1-2H3. The molecule has 0 spiro atoms. The van der Waals surface area contributed by atoms with Crippen molar-refractivity contribution in [1.29, 1.82) is 0 Å². The highest BCUT2D eigenvalue weighted by molar-refractivity contribution is 7.86. The van der Waals surface area contributed by atoms with Gasteiger partial charge in [0.2, 0.25) is 0 Å². The third-order valence-corrected chi connectivity index (χ3v) is 5.09. The molecule has 1 aromatic carbocycles. The van der Waals surface area contributed by atoms with Crippen molar-refractivity contribution in [2.75, 3.05) is 20.6 Å². The lowest BCUT2D eigenvalue weighted by molar-refractivity contribution is -0.151. The minimum Gasteiger partial charge on any atom is -0.264 e. The monoisotopic (exact) mass is 320 g/mol. The number of halogens is 3. The fourth-order valence-electron chi connectivity index (χ4n) is 2.14. The summed E-state index contributed by atoms with van der Waals surface area (Å²) in [6, 6.07) is 6.05. The van der Waals surface area contributed by atoms with Crippen molar-refractivity contribution in [2.24, 2.45) is 0 Å². The molecule has 0 radical (unpaired) electrons. The van der Waals surface area contributed by atoms with Crippen molar-refractivity contribution < 1.29 is 21.6 Å². The quantitative estimate of drug-likeness (QED) is 0.840. The summed E-state index contributed by atoms with van der Waals surface area (Å²) < 4.78 is 65.7. The van der Waals surface area contributed by atoms with E-state index in [1.807, 2.05) is 0 Å². The largest absolute Gasteiger partial charge is 0.397 e. The van der Waals surface area contributed by atoms with E-state index in [2.05, 4.69) is 0 Å². The molecule has 4 nitrogen and oxygen atoms in total. The first-order chi connectivity index (χ1) is 9.64. The van der Waals surface area contributed by atoms with Crippen LogP contribution in [0, 0.1) is 0 Å². The number of alkyl halides is 3. The van der Waals surface area contributed by atoms with Gasteiger partial charge in [-0.15, -0.1) is 0 Å². The molecule has 21 heavy (non-hydrogen) atoms. The van der Waals surface area contributed by atoms with Gasteiger partial charge in [0.05, 0.1) is 12.5 Å². The fourth-order valence-corrected chi connectivity index (χ4v) is 3.11. The highest BCUT2D eigenvalue weighted by Gasteiger charge is 2.44. The number of nitrogens with zero attached hydrogens (tertiary/aromatic N) is 2. The van der Waals surface area contributed by atoms with E-state index < -0.39 is 28.8 Å². The molecule has 2 rings (SSSR count). The third-order valence-electron chi connectivity index (χ3n) is 3.31. The van der Waals surface area contributed by atoms with Gasteiger partial charge < -0.3 is 0 Å². The molecule has 0 N–H and O–H groups in total. The van der Waals surface area contributed by atoms with Gasteiger partial charge in [0.15, 0.2) is 0 Å². The summed E-state index contributed by atoms with van der Waals surface area (Å²) in [7, 11) is -1.39. The first-order valence-electron chi connectivity index (χ1n) is 6.17. The summed E-state index contributed by atoms with van der Waals surface area (Å²) in [5.41, 5.74) is 0.453. The molecule has 1 atom stereocenters. The lowest BCUT2D eigenvalue weighted by atomic mass is 9.94. The lowest BCUT2D eigenvalue weighted by Gasteiger charge is -2.28. The van der Waals surface area contributed by atoms with Gasteiger partial charge in [0.25, 0.3) is 0 Å². The topological polar surface area (TPSA) is 40.6 Å². The van der Waals surface area contributed by atoms with Crippen molar-refractivity contribution in [3.05, 3.63) is 41.6 Å². The molecule has 8 heteroatoms. The second-order valence-corrected chi connectivity index (χ2v) is 6.99. The summed E-state index contributed by atoms with van der Waals surface area (Å²) in [5, 5.41) is 0. The first kappa shape index (κ1) is 15.8. The SMILES string of the molecule is CN(C)S(=O)(=O)N1C=Cc2ccccc2C(C(F)(F)F)C1. The molecule has 0 fully saturated rings. The number of benzene rings is 1. The van der Waals surface area contributed by atoms with E-state index in [0.29, 0.717) is 5.56 Å². The fraction of sp³-hybridized carbons (Fsp3) is 0.385. The Bertz CT molecular complexity index is 654. The zero-order valence-corrected chi connectivity index (χ0v) is 12.3. The van der Waals surface area contributed by atoms with Gasteiger partial charge in [0, 0.05) is 20.3 Å². The van der Waals surface area contributed by atoms with Crippen molar-refractivity contribution in [3.8, 4) is 0 Å². The molecule has 0 saturated carbocycles. The van der Waals surface area contributed by atoms with Crippen LogP contribution in [0.15, 0.2) is 30.5 Å². The Labute approximate surface area is 121 Å². The van der Waals surface area contributed by atoms with Crippen LogP contribution in [0.5, 0.6) is 0 Å². The number of hydrogen-bond acceptors (Lipinski definition) is 2. The van der Waals surface area contributed by atoms with Gasteiger partial charge in [-0.2, -0.15) is 25.9 Å². The summed E-state index contributed by atoms with van der Waals surface area (Å²) in [6.07, 6.45) is -1.95. The predicted octanol–water partition coefficient (Wildman–Crippen LogP) is 2.43. The van der Waals surface area contributed by atoms with Crippen molar-refractivity contribution >= 4 is 16.3 Å². The zero-order valence-electron chi connectivity index (χ0n) is 11.5. The smallest absolute Gasteiger partial charge is 0.264 e. The Kier molecular flexibility index (Phi) is 4.03. The first-order valence-corrected chi connectivity index (χ1v) is 7.57. The molecule has 0 aliphatic carbocycles. The summed E-state index contributed by atoms with van der Waals surface area (Å²) in [4.78, 5) is 0. The van der Waals surface area contributed by atoms with E-state index >= 15 is 0 Å². The number of fused-ring (bicyclic) bond motifs is 1. The van der Waals surface area contributed by atoms with Crippen LogP contribution in [-0.2, 0) is 10.2 Å². The molecule has 1 aromatic rings. The molecule has 1 aliphatic rings. The summed E-state index contributed by atoms with van der Waals surface area (Å²) in [6.45, 7) is -0.669. The van der Waals surface area contributed by atoms with Gasteiger partial charge in [0.1, 0.15) is 0 Å². The molecule has 1 heterocycles. The number of rotatable bonds is 2. The minimum atomic E-state index is -4.53. The van der Waals surface area contributed by atoms with Gasteiger partial charge in [-0.25, -0.2) is 0 Å². The Hall–Kier alpha value is -1.54. The Morgan fingerprint density at radius 1 is 1.24 bits per heavy atom. The second kappa shape index (κ2) is 5.34. The molecule has 1 unspecified atom stereocenters. The van der Waals surface area contributed by atoms with Crippen LogP contribution in [-0.4, -0.2) is 43.8 Å². The van der Waals surface area contributed by atoms with Gasteiger partial charge in [-0.3, -0.25) is 4.31 Å². The van der Waals surface area contributed by atoms with Crippen LogP contribution in [0.25, 0.3) is 6.08 Å². The van der Waals surface area contributed by atoms with Gasteiger partial charge in [-0.05, 0) is 17.2 Å². The summed E-state index contributed by atoms with van der Waals surface area (Å²) in [5.74, 6) is -1.86. The van der Waals surface area contributed by atoms with Gasteiger partial charge in [-0.1, -0.05) is 24.3 Å². The van der Waals surface area contributed by atoms with Crippen LogP contribution in [0.1, 0.15) is 17.0 Å². The van der Waals surface area contributed by atoms with Crippen LogP contribution >= 0.6 is 0 Å². The minimum absolute atomic E-state index is 0.0812. The van der Waals surface area contributed by atoms with E-state index in [4.69, 9.17) is 0 Å². The number of hydrogen-bond donors (Lipinski definition) is 0. The molecule has 116 valence electrons. The molecular weight excluding hydrogens is 305 g/mol. The van der Waals surface area contributed by atoms with Crippen LogP contribution in [0.4, 0.5) is 13.2 Å². The maximum atomic E-state index is 13.3. The van der Waals surface area contributed by atoms with Crippen LogP contribution < -0.4 is 0 Å². The summed E-state index contributed by atoms with van der Waals surface area (Å²) >= 11 is 0. The van der Waals surface area contributed by atoms with E-state index in [-0.39, 0.29) is 5.56 Å². The molecule has 0 aromatic heterocycles. The normalized spacial score (nSPS) is 19.5. The zero-order chi connectivity index (χ0) is 15.8. The maximum Gasteiger partial charge on any atom is 0.397 e. The molecule has 0 bridgehead atoms. The molecule has 0 saturated heterocycles.